The van der Waals surface area contributed by atoms with E-state index in [-0.39, 0.29) is 0 Å². The highest BCUT2D eigenvalue weighted by molar-refractivity contribution is 5.16. The molecule has 4 heteroatoms. The van der Waals surface area contributed by atoms with Crippen LogP contribution in [0.2, 0.25) is 0 Å². The second kappa shape index (κ2) is 9.14. The summed E-state index contributed by atoms with van der Waals surface area (Å²) in [5, 5.41) is 3.30. The summed E-state index contributed by atoms with van der Waals surface area (Å²) in [4.78, 5) is 2.37. The van der Waals surface area contributed by atoms with Crippen LogP contribution in [0.15, 0.2) is 16.7 Å². The van der Waals surface area contributed by atoms with E-state index in [1.807, 2.05) is 6.92 Å². The maximum atomic E-state index is 5.52. The molecule has 4 nitrogen and oxygen atoms in total. The van der Waals surface area contributed by atoms with E-state index >= 15 is 0 Å². The van der Waals surface area contributed by atoms with Gasteiger partial charge in [-0.25, -0.2) is 0 Å². The van der Waals surface area contributed by atoms with Gasteiger partial charge in [0, 0.05) is 25.3 Å². The van der Waals surface area contributed by atoms with Gasteiger partial charge in [-0.3, -0.25) is 4.90 Å². The first kappa shape index (κ1) is 15.2. The lowest BCUT2D eigenvalue weighted by Crippen LogP contribution is -2.27. The summed E-state index contributed by atoms with van der Waals surface area (Å²) in [6.07, 6.45) is 1.78. The lowest BCUT2D eigenvalue weighted by molar-refractivity contribution is 0.112. The quantitative estimate of drug-likeness (QED) is 0.650. The third kappa shape index (κ3) is 5.21. The average Bonchev–Trinajstić information content (AvgIpc) is 2.82. The Morgan fingerprint density at radius 2 is 2.17 bits per heavy atom. The van der Waals surface area contributed by atoms with E-state index in [9.17, 15) is 0 Å². The number of nitrogens with zero attached hydrogens (tertiary/aromatic N) is 1. The Morgan fingerprint density at radius 3 is 2.83 bits per heavy atom. The normalized spacial score (nSPS) is 11.3. The molecular weight excluding hydrogens is 228 g/mol. The molecule has 1 aromatic heterocycles. The van der Waals surface area contributed by atoms with Gasteiger partial charge in [-0.05, 0) is 26.1 Å². The molecule has 0 aliphatic heterocycles. The minimum atomic E-state index is 0.787. The first-order chi connectivity index (χ1) is 8.81. The Labute approximate surface area is 110 Å². The van der Waals surface area contributed by atoms with E-state index in [1.54, 1.807) is 6.26 Å². The molecule has 0 unspecified atom stereocenters. The van der Waals surface area contributed by atoms with Gasteiger partial charge < -0.3 is 14.5 Å². The van der Waals surface area contributed by atoms with Gasteiger partial charge in [0.25, 0.3) is 0 Å². The van der Waals surface area contributed by atoms with Crippen LogP contribution in [0.4, 0.5) is 0 Å². The molecule has 104 valence electrons. The highest BCUT2D eigenvalue weighted by Gasteiger charge is 2.10. The van der Waals surface area contributed by atoms with Crippen LogP contribution in [-0.4, -0.2) is 37.7 Å². The lowest BCUT2D eigenvalue weighted by Gasteiger charge is -2.20. The topological polar surface area (TPSA) is 37.6 Å². The number of hydrogen-bond donors (Lipinski definition) is 1. The Kier molecular flexibility index (Phi) is 7.73. The van der Waals surface area contributed by atoms with E-state index in [0.717, 1.165) is 51.7 Å². The second-order valence-corrected chi connectivity index (χ2v) is 4.22. The first-order valence-electron chi connectivity index (χ1n) is 6.87. The maximum Gasteiger partial charge on any atom is 0.122 e. The summed E-state index contributed by atoms with van der Waals surface area (Å²) in [5.41, 5.74) is 1.27. The fourth-order valence-corrected chi connectivity index (χ4v) is 1.83. The van der Waals surface area contributed by atoms with E-state index in [1.165, 1.54) is 5.56 Å². The minimum absolute atomic E-state index is 0.787. The number of nitrogens with one attached hydrogen (secondary N) is 1. The van der Waals surface area contributed by atoms with Gasteiger partial charge in [0.05, 0.1) is 19.4 Å². The third-order valence-corrected chi connectivity index (χ3v) is 2.97. The molecule has 1 N–H and O–H groups in total. The molecule has 0 aliphatic rings. The number of likely N-dealkylation sites (N-methyl/N-ethyl adjacent to an activating group) is 1. The van der Waals surface area contributed by atoms with Gasteiger partial charge in [0.1, 0.15) is 5.76 Å². The zero-order valence-corrected chi connectivity index (χ0v) is 11.9. The van der Waals surface area contributed by atoms with Crippen LogP contribution >= 0.6 is 0 Å². The summed E-state index contributed by atoms with van der Waals surface area (Å²) in [5.74, 6) is 1.05. The fraction of sp³-hybridized carbons (Fsp3) is 0.714. The first-order valence-corrected chi connectivity index (χ1v) is 6.87. The van der Waals surface area contributed by atoms with Crippen LogP contribution in [-0.2, 0) is 17.8 Å². The Balaban J connectivity index is 2.45. The van der Waals surface area contributed by atoms with Gasteiger partial charge in [0.2, 0.25) is 0 Å². The number of ether oxygens (including phenoxy) is 1. The Bertz CT molecular complexity index is 312. The molecule has 0 saturated heterocycles. The minimum Gasteiger partial charge on any atom is -0.468 e. The molecule has 0 aliphatic carbocycles. The Morgan fingerprint density at radius 1 is 1.33 bits per heavy atom. The molecule has 1 heterocycles. The SMILES string of the molecule is CCNCc1occc1CN(CC)CCOCC. The third-order valence-electron chi connectivity index (χ3n) is 2.97. The van der Waals surface area contributed by atoms with Gasteiger partial charge in [-0.2, -0.15) is 0 Å². The van der Waals surface area contributed by atoms with E-state index in [0.29, 0.717) is 0 Å². The fourth-order valence-electron chi connectivity index (χ4n) is 1.83. The number of rotatable bonds is 10. The van der Waals surface area contributed by atoms with Crippen LogP contribution in [0, 0.1) is 0 Å². The van der Waals surface area contributed by atoms with Gasteiger partial charge >= 0.3 is 0 Å². The van der Waals surface area contributed by atoms with Crippen molar-refractivity contribution >= 4 is 0 Å². The highest BCUT2D eigenvalue weighted by atomic mass is 16.5. The van der Waals surface area contributed by atoms with Crippen molar-refractivity contribution in [1.82, 2.24) is 10.2 Å². The van der Waals surface area contributed by atoms with Crippen molar-refractivity contribution in [2.75, 3.05) is 32.8 Å². The molecule has 1 aromatic rings. The summed E-state index contributed by atoms with van der Waals surface area (Å²) in [6, 6.07) is 2.07. The van der Waals surface area contributed by atoms with Crippen molar-refractivity contribution in [1.29, 1.82) is 0 Å². The molecule has 0 aromatic carbocycles. The molecule has 0 atom stereocenters. The van der Waals surface area contributed by atoms with Gasteiger partial charge in [-0.15, -0.1) is 0 Å². The lowest BCUT2D eigenvalue weighted by atomic mass is 10.2. The van der Waals surface area contributed by atoms with Crippen molar-refractivity contribution in [2.24, 2.45) is 0 Å². The summed E-state index contributed by atoms with van der Waals surface area (Å²) in [6.45, 7) is 12.6. The molecular formula is C14H26N2O2. The molecule has 1 rings (SSSR count). The second-order valence-electron chi connectivity index (χ2n) is 4.22. The molecule has 0 amide bonds. The van der Waals surface area contributed by atoms with Crippen molar-refractivity contribution in [3.63, 3.8) is 0 Å². The maximum absolute atomic E-state index is 5.52. The van der Waals surface area contributed by atoms with Crippen LogP contribution < -0.4 is 5.32 Å². The van der Waals surface area contributed by atoms with E-state index in [2.05, 4.69) is 30.1 Å². The smallest absolute Gasteiger partial charge is 0.122 e. The number of hydrogen-bond acceptors (Lipinski definition) is 4. The number of furan rings is 1. The van der Waals surface area contributed by atoms with Gasteiger partial charge in [0.15, 0.2) is 0 Å². The predicted octanol–water partition coefficient (Wildman–Crippen LogP) is 2.25. The summed E-state index contributed by atoms with van der Waals surface area (Å²) in [7, 11) is 0. The highest BCUT2D eigenvalue weighted by Crippen LogP contribution is 2.13. The molecule has 0 fully saturated rings. The average molecular weight is 254 g/mol. The van der Waals surface area contributed by atoms with Crippen molar-refractivity contribution in [2.45, 2.75) is 33.9 Å². The Hall–Kier alpha value is -0.840. The van der Waals surface area contributed by atoms with Crippen molar-refractivity contribution in [3.8, 4) is 0 Å². The van der Waals surface area contributed by atoms with E-state index < -0.39 is 0 Å². The van der Waals surface area contributed by atoms with Crippen molar-refractivity contribution < 1.29 is 9.15 Å². The molecule has 18 heavy (non-hydrogen) atoms. The molecule has 0 radical (unpaired) electrons. The molecule has 0 saturated carbocycles. The predicted molar refractivity (Wildman–Crippen MR) is 73.5 cm³/mol. The van der Waals surface area contributed by atoms with Gasteiger partial charge in [-0.1, -0.05) is 13.8 Å². The summed E-state index contributed by atoms with van der Waals surface area (Å²) >= 11 is 0. The van der Waals surface area contributed by atoms with Crippen molar-refractivity contribution in [3.05, 3.63) is 23.7 Å². The van der Waals surface area contributed by atoms with Crippen LogP contribution in [0.1, 0.15) is 32.1 Å². The van der Waals surface area contributed by atoms with E-state index in [4.69, 9.17) is 9.15 Å². The standard InChI is InChI=1S/C14H26N2O2/c1-4-15-11-14-13(7-9-18-14)12-16(5-2)8-10-17-6-3/h7,9,15H,4-6,8,10-12H2,1-3H3. The zero-order chi connectivity index (χ0) is 13.2. The molecule has 0 spiro atoms. The largest absolute Gasteiger partial charge is 0.468 e. The van der Waals surface area contributed by atoms with Crippen LogP contribution in [0.25, 0.3) is 0 Å². The molecule has 0 bridgehead atoms. The zero-order valence-electron chi connectivity index (χ0n) is 11.9. The van der Waals surface area contributed by atoms with Crippen LogP contribution in [0.3, 0.4) is 0 Å². The van der Waals surface area contributed by atoms with Crippen LogP contribution in [0.5, 0.6) is 0 Å². The summed E-state index contributed by atoms with van der Waals surface area (Å²) < 4.78 is 10.9. The monoisotopic (exact) mass is 254 g/mol.